The Labute approximate surface area is 98.9 Å². The third-order valence-electron chi connectivity index (χ3n) is 1.78. The van der Waals surface area contributed by atoms with E-state index >= 15 is 0 Å². The lowest BCUT2D eigenvalue weighted by molar-refractivity contribution is 0.237. The first-order valence-corrected chi connectivity index (χ1v) is 5.18. The molecule has 1 rings (SSSR count). The van der Waals surface area contributed by atoms with Gasteiger partial charge in [-0.15, -0.1) is 0 Å². The van der Waals surface area contributed by atoms with Gasteiger partial charge in [-0.1, -0.05) is 29.8 Å². The van der Waals surface area contributed by atoms with Crippen LogP contribution >= 0.6 is 11.6 Å². The van der Waals surface area contributed by atoms with Gasteiger partial charge in [0.25, 0.3) is 0 Å². The zero-order valence-electron chi connectivity index (χ0n) is 8.61. The van der Waals surface area contributed by atoms with E-state index < -0.39 is 0 Å². The van der Waals surface area contributed by atoms with Crippen LogP contribution in [0.5, 0.6) is 0 Å². The normalized spacial score (nSPS) is 10.4. The van der Waals surface area contributed by atoms with E-state index in [-0.39, 0.29) is 19.2 Å². The molecule has 0 radical (unpaired) electrons. The maximum Gasteiger partial charge on any atom is 0.318 e. The summed E-state index contributed by atoms with van der Waals surface area (Å²) in [5, 5.41) is 14.0. The van der Waals surface area contributed by atoms with Gasteiger partial charge in [-0.05, 0) is 17.7 Å². The minimum Gasteiger partial charge on any atom is -0.395 e. The van der Waals surface area contributed by atoms with Gasteiger partial charge in [0.15, 0.2) is 0 Å². The summed E-state index contributed by atoms with van der Waals surface area (Å²) in [5.74, 6) is 0. The average molecular weight is 241 g/mol. The van der Waals surface area contributed by atoms with Crippen molar-refractivity contribution in [2.24, 2.45) is 0 Å². The zero-order chi connectivity index (χ0) is 11.8. The van der Waals surface area contributed by atoms with E-state index in [1.807, 2.05) is 18.2 Å². The molecule has 5 heteroatoms. The maximum absolute atomic E-state index is 11.1. The molecule has 1 aromatic rings. The van der Waals surface area contributed by atoms with Gasteiger partial charge in [0.05, 0.1) is 6.61 Å². The largest absolute Gasteiger partial charge is 0.395 e. The Hall–Kier alpha value is -1.52. The molecule has 1 aromatic carbocycles. The molecule has 3 N–H and O–H groups in total. The summed E-state index contributed by atoms with van der Waals surface area (Å²) in [4.78, 5) is 11.1. The minimum atomic E-state index is -0.364. The summed E-state index contributed by atoms with van der Waals surface area (Å²) in [7, 11) is 0. The average Bonchev–Trinajstić information content (AvgIpc) is 2.29. The van der Waals surface area contributed by atoms with E-state index in [1.165, 1.54) is 6.20 Å². The predicted octanol–water partition coefficient (Wildman–Crippen LogP) is 1.60. The Morgan fingerprint density at radius 3 is 2.88 bits per heavy atom. The van der Waals surface area contributed by atoms with Crippen molar-refractivity contribution in [2.45, 2.75) is 0 Å². The van der Waals surface area contributed by atoms with Gasteiger partial charge in [0.1, 0.15) is 0 Å². The lowest BCUT2D eigenvalue weighted by Gasteiger charge is -2.01. The van der Waals surface area contributed by atoms with Gasteiger partial charge in [-0.3, -0.25) is 0 Å². The van der Waals surface area contributed by atoms with Crippen LogP contribution in [0.15, 0.2) is 30.5 Å². The molecule has 86 valence electrons. The van der Waals surface area contributed by atoms with E-state index in [4.69, 9.17) is 16.7 Å². The van der Waals surface area contributed by atoms with Crippen LogP contribution < -0.4 is 10.6 Å². The van der Waals surface area contributed by atoms with E-state index in [2.05, 4.69) is 10.6 Å². The molecule has 2 amide bonds. The fourth-order valence-electron chi connectivity index (χ4n) is 1.04. The molecule has 0 atom stereocenters. The standard InChI is InChI=1S/C11H13ClN2O2/c12-10-4-2-1-3-9(10)5-6-13-11(16)14-7-8-15/h1-6,15H,7-8H2,(H2,13,14,16)/b6-5+. The molecular weight excluding hydrogens is 228 g/mol. The second-order valence-corrected chi connectivity index (χ2v) is 3.39. The van der Waals surface area contributed by atoms with Crippen molar-refractivity contribution in [3.63, 3.8) is 0 Å². The number of hydrogen-bond donors (Lipinski definition) is 3. The Balaban J connectivity index is 2.43. The molecule has 0 heterocycles. The molecule has 0 aliphatic heterocycles. The van der Waals surface area contributed by atoms with Crippen molar-refractivity contribution in [1.29, 1.82) is 0 Å². The van der Waals surface area contributed by atoms with E-state index in [9.17, 15) is 4.79 Å². The number of urea groups is 1. The second-order valence-electron chi connectivity index (χ2n) is 2.98. The van der Waals surface area contributed by atoms with Gasteiger partial charge >= 0.3 is 6.03 Å². The van der Waals surface area contributed by atoms with Gasteiger partial charge in [-0.2, -0.15) is 0 Å². The lowest BCUT2D eigenvalue weighted by atomic mass is 10.2. The van der Waals surface area contributed by atoms with E-state index in [1.54, 1.807) is 12.1 Å². The number of aliphatic hydroxyl groups is 1. The Bertz CT molecular complexity index is 380. The van der Waals surface area contributed by atoms with Crippen molar-refractivity contribution in [2.75, 3.05) is 13.2 Å². The summed E-state index contributed by atoms with van der Waals surface area (Å²) in [6.07, 6.45) is 3.19. The highest BCUT2D eigenvalue weighted by molar-refractivity contribution is 6.32. The highest BCUT2D eigenvalue weighted by atomic mass is 35.5. The van der Waals surface area contributed by atoms with Gasteiger partial charge in [0.2, 0.25) is 0 Å². The second kappa shape index (κ2) is 6.87. The summed E-state index contributed by atoms with van der Waals surface area (Å²) in [5.41, 5.74) is 0.826. The molecule has 0 aliphatic carbocycles. The molecule has 0 saturated heterocycles. The first-order chi connectivity index (χ1) is 7.74. The quantitative estimate of drug-likeness (QED) is 0.749. The molecule has 0 bridgehead atoms. The molecule has 0 fully saturated rings. The van der Waals surface area contributed by atoms with Crippen LogP contribution in [0.25, 0.3) is 6.08 Å². The minimum absolute atomic E-state index is 0.0817. The summed E-state index contributed by atoms with van der Waals surface area (Å²) >= 11 is 5.91. The maximum atomic E-state index is 11.1. The number of rotatable bonds is 4. The Kier molecular flexibility index (Phi) is 5.39. The molecule has 16 heavy (non-hydrogen) atoms. The highest BCUT2D eigenvalue weighted by Crippen LogP contribution is 2.15. The predicted molar refractivity (Wildman–Crippen MR) is 64.1 cm³/mol. The number of benzene rings is 1. The first-order valence-electron chi connectivity index (χ1n) is 4.80. The number of nitrogens with one attached hydrogen (secondary N) is 2. The third-order valence-corrected chi connectivity index (χ3v) is 2.12. The van der Waals surface area contributed by atoms with Crippen LogP contribution in [0.4, 0.5) is 4.79 Å². The molecular formula is C11H13ClN2O2. The number of carbonyl (C=O) groups excluding carboxylic acids is 1. The number of aliphatic hydroxyl groups excluding tert-OH is 1. The van der Waals surface area contributed by atoms with Crippen molar-refractivity contribution in [3.05, 3.63) is 41.1 Å². The van der Waals surface area contributed by atoms with Gasteiger partial charge < -0.3 is 15.7 Å². The van der Waals surface area contributed by atoms with Crippen molar-refractivity contribution in [3.8, 4) is 0 Å². The SMILES string of the molecule is O=C(N/C=C/c1ccccc1Cl)NCCO. The molecule has 4 nitrogen and oxygen atoms in total. The van der Waals surface area contributed by atoms with Gasteiger partial charge in [0, 0.05) is 17.8 Å². The number of amides is 2. The lowest BCUT2D eigenvalue weighted by Crippen LogP contribution is -2.33. The van der Waals surface area contributed by atoms with Gasteiger partial charge in [-0.25, -0.2) is 4.79 Å². The summed E-state index contributed by atoms with van der Waals surface area (Å²) in [6, 6.07) is 6.94. The van der Waals surface area contributed by atoms with Crippen molar-refractivity contribution >= 4 is 23.7 Å². The van der Waals surface area contributed by atoms with E-state index in [0.29, 0.717) is 5.02 Å². The van der Waals surface area contributed by atoms with Crippen LogP contribution in [0.3, 0.4) is 0 Å². The molecule has 0 spiro atoms. The monoisotopic (exact) mass is 240 g/mol. The number of halogens is 1. The van der Waals surface area contributed by atoms with Crippen LogP contribution in [-0.4, -0.2) is 24.3 Å². The molecule has 0 aromatic heterocycles. The Morgan fingerprint density at radius 1 is 1.44 bits per heavy atom. The van der Waals surface area contributed by atoms with Crippen LogP contribution in [0, 0.1) is 0 Å². The van der Waals surface area contributed by atoms with Crippen molar-refractivity contribution < 1.29 is 9.90 Å². The van der Waals surface area contributed by atoms with Crippen molar-refractivity contribution in [1.82, 2.24) is 10.6 Å². The smallest absolute Gasteiger partial charge is 0.318 e. The van der Waals surface area contributed by atoms with Crippen LogP contribution in [0.1, 0.15) is 5.56 Å². The molecule has 0 aliphatic rings. The Morgan fingerprint density at radius 2 is 2.19 bits per heavy atom. The molecule has 0 saturated carbocycles. The number of carbonyl (C=O) groups is 1. The summed E-state index contributed by atoms with van der Waals surface area (Å²) < 4.78 is 0. The van der Waals surface area contributed by atoms with Crippen LogP contribution in [0.2, 0.25) is 5.02 Å². The zero-order valence-corrected chi connectivity index (χ0v) is 9.37. The van der Waals surface area contributed by atoms with Crippen LogP contribution in [-0.2, 0) is 0 Å². The third kappa shape index (κ3) is 4.33. The fraction of sp³-hybridized carbons (Fsp3) is 0.182. The number of hydrogen-bond acceptors (Lipinski definition) is 2. The fourth-order valence-corrected chi connectivity index (χ4v) is 1.24. The molecule has 0 unspecified atom stereocenters. The first kappa shape index (κ1) is 12.5. The topological polar surface area (TPSA) is 61.4 Å². The summed E-state index contributed by atoms with van der Waals surface area (Å²) in [6.45, 7) is 0.146. The van der Waals surface area contributed by atoms with E-state index in [0.717, 1.165) is 5.56 Å². The highest BCUT2D eigenvalue weighted by Gasteiger charge is 1.95.